The number of thioether (sulfide) groups is 1. The lowest BCUT2D eigenvalue weighted by Gasteiger charge is -2.13. The summed E-state index contributed by atoms with van der Waals surface area (Å²) in [4.78, 5) is 35.1. The zero-order valence-corrected chi connectivity index (χ0v) is 16.6. The van der Waals surface area contributed by atoms with Crippen molar-refractivity contribution in [3.63, 3.8) is 0 Å². The topological polar surface area (TPSA) is 74.7 Å². The van der Waals surface area contributed by atoms with Gasteiger partial charge in [-0.15, -0.1) is 11.3 Å². The summed E-state index contributed by atoms with van der Waals surface area (Å²) in [7, 11) is 0. The summed E-state index contributed by atoms with van der Waals surface area (Å²) in [6.45, 7) is 4.27. The molecule has 2 heterocycles. The van der Waals surface area contributed by atoms with Crippen molar-refractivity contribution in [1.82, 2.24) is 9.88 Å². The van der Waals surface area contributed by atoms with E-state index in [9.17, 15) is 9.59 Å². The van der Waals surface area contributed by atoms with Gasteiger partial charge >= 0.3 is 0 Å². The summed E-state index contributed by atoms with van der Waals surface area (Å²) in [5.41, 5.74) is 1.57. The van der Waals surface area contributed by atoms with Crippen molar-refractivity contribution in [3.8, 4) is 0 Å². The average molecular weight is 409 g/mol. The van der Waals surface area contributed by atoms with Crippen LogP contribution in [0, 0.1) is 6.92 Å². The molecule has 9 heteroatoms. The number of benzene rings is 1. The largest absolute Gasteiger partial charge is 0.326 e. The smallest absolute Gasteiger partial charge is 0.242 e. The SMILES string of the molecule is CCN1C(=O)[C@@H](CC(=O)Nc2cc(Cl)ccc2C)SC1=Nc1nccs1. The van der Waals surface area contributed by atoms with Gasteiger partial charge in [0.2, 0.25) is 16.9 Å². The minimum atomic E-state index is -0.492. The quantitative estimate of drug-likeness (QED) is 0.808. The minimum Gasteiger partial charge on any atom is -0.326 e. The number of amidine groups is 1. The molecule has 1 aromatic heterocycles. The molecule has 1 fully saturated rings. The fourth-order valence-corrected chi connectivity index (χ4v) is 4.40. The Kier molecular flexibility index (Phi) is 5.95. The number of aromatic nitrogens is 1. The van der Waals surface area contributed by atoms with Gasteiger partial charge in [-0.25, -0.2) is 4.98 Å². The summed E-state index contributed by atoms with van der Waals surface area (Å²) in [5.74, 6) is -0.335. The molecule has 0 radical (unpaired) electrons. The lowest BCUT2D eigenvalue weighted by Crippen LogP contribution is -2.33. The van der Waals surface area contributed by atoms with E-state index in [0.717, 1.165) is 5.56 Å². The predicted octanol–water partition coefficient (Wildman–Crippen LogP) is 4.09. The molecular weight excluding hydrogens is 392 g/mol. The highest BCUT2D eigenvalue weighted by atomic mass is 35.5. The first-order valence-corrected chi connectivity index (χ1v) is 10.1. The van der Waals surface area contributed by atoms with Crippen LogP contribution in [0.2, 0.25) is 5.02 Å². The summed E-state index contributed by atoms with van der Waals surface area (Å²) in [5, 5.41) is 5.90. The van der Waals surface area contributed by atoms with Crippen LogP contribution in [-0.4, -0.2) is 38.7 Å². The van der Waals surface area contributed by atoms with Gasteiger partial charge in [0.15, 0.2) is 5.17 Å². The second-order valence-corrected chi connectivity index (χ2v) is 8.09. The zero-order valence-electron chi connectivity index (χ0n) is 14.2. The summed E-state index contributed by atoms with van der Waals surface area (Å²) in [6.07, 6.45) is 1.74. The van der Waals surface area contributed by atoms with Gasteiger partial charge in [0.25, 0.3) is 0 Å². The Morgan fingerprint density at radius 2 is 2.27 bits per heavy atom. The van der Waals surface area contributed by atoms with Gasteiger partial charge in [0, 0.05) is 35.3 Å². The molecule has 136 valence electrons. The molecule has 1 aliphatic rings. The van der Waals surface area contributed by atoms with Crippen molar-refractivity contribution in [3.05, 3.63) is 40.4 Å². The van der Waals surface area contributed by atoms with E-state index >= 15 is 0 Å². The lowest BCUT2D eigenvalue weighted by atomic mass is 10.2. The van der Waals surface area contributed by atoms with Gasteiger partial charge in [-0.2, -0.15) is 4.99 Å². The second kappa shape index (κ2) is 8.20. The van der Waals surface area contributed by atoms with Crippen LogP contribution in [0.15, 0.2) is 34.8 Å². The molecule has 1 aromatic carbocycles. The number of hydrogen-bond donors (Lipinski definition) is 1. The number of thiazole rings is 1. The molecule has 1 atom stereocenters. The molecular formula is C17H17ClN4O2S2. The van der Waals surface area contributed by atoms with Crippen LogP contribution in [0.3, 0.4) is 0 Å². The van der Waals surface area contributed by atoms with E-state index in [2.05, 4.69) is 15.3 Å². The fourth-order valence-electron chi connectivity index (χ4n) is 2.47. The van der Waals surface area contributed by atoms with Crippen LogP contribution in [0.4, 0.5) is 10.8 Å². The van der Waals surface area contributed by atoms with Crippen molar-refractivity contribution >= 4 is 62.5 Å². The average Bonchev–Trinajstić information content (AvgIpc) is 3.20. The third kappa shape index (κ3) is 4.25. The van der Waals surface area contributed by atoms with Crippen molar-refractivity contribution in [2.45, 2.75) is 25.5 Å². The summed E-state index contributed by atoms with van der Waals surface area (Å²) < 4.78 is 0. The number of carbonyl (C=O) groups is 2. The maximum atomic E-state index is 12.6. The number of nitrogens with zero attached hydrogens (tertiary/aromatic N) is 3. The van der Waals surface area contributed by atoms with Crippen LogP contribution >= 0.6 is 34.7 Å². The van der Waals surface area contributed by atoms with E-state index in [1.54, 1.807) is 23.2 Å². The number of hydrogen-bond acceptors (Lipinski definition) is 6. The van der Waals surface area contributed by atoms with Gasteiger partial charge in [-0.1, -0.05) is 29.4 Å². The Labute approximate surface area is 164 Å². The Hall–Kier alpha value is -1.90. The lowest BCUT2D eigenvalue weighted by molar-refractivity contribution is -0.128. The predicted molar refractivity (Wildman–Crippen MR) is 107 cm³/mol. The summed E-state index contributed by atoms with van der Waals surface area (Å²) >= 11 is 8.69. The Bertz CT molecular complexity index is 854. The van der Waals surface area contributed by atoms with Gasteiger partial charge in [-0.05, 0) is 31.5 Å². The Morgan fingerprint density at radius 3 is 2.96 bits per heavy atom. The molecule has 0 saturated carbocycles. The molecule has 0 spiro atoms. The number of amides is 2. The number of rotatable bonds is 5. The number of anilines is 1. The molecule has 3 rings (SSSR count). The van der Waals surface area contributed by atoms with E-state index in [1.165, 1.54) is 23.1 Å². The number of halogens is 1. The molecule has 0 aliphatic carbocycles. The number of aliphatic imine (C=N–C) groups is 1. The van der Waals surface area contributed by atoms with E-state index in [0.29, 0.717) is 27.6 Å². The van der Waals surface area contributed by atoms with Crippen LogP contribution in [0.25, 0.3) is 0 Å². The highest BCUT2D eigenvalue weighted by molar-refractivity contribution is 8.15. The van der Waals surface area contributed by atoms with Gasteiger partial charge < -0.3 is 5.32 Å². The van der Waals surface area contributed by atoms with E-state index in [-0.39, 0.29) is 18.2 Å². The third-order valence-corrected chi connectivity index (χ3v) is 5.87. The molecule has 2 amide bonds. The number of aryl methyl sites for hydroxylation is 1. The zero-order chi connectivity index (χ0) is 18.7. The van der Waals surface area contributed by atoms with Gasteiger partial charge in [-0.3, -0.25) is 14.5 Å². The molecule has 26 heavy (non-hydrogen) atoms. The first-order chi connectivity index (χ1) is 12.5. The molecule has 6 nitrogen and oxygen atoms in total. The first kappa shape index (κ1) is 18.9. The van der Waals surface area contributed by atoms with E-state index in [1.807, 2.05) is 25.3 Å². The monoisotopic (exact) mass is 408 g/mol. The van der Waals surface area contributed by atoms with Crippen molar-refractivity contribution < 1.29 is 9.59 Å². The van der Waals surface area contributed by atoms with Crippen molar-refractivity contribution in [2.75, 3.05) is 11.9 Å². The minimum absolute atomic E-state index is 0.0723. The fraction of sp³-hybridized carbons (Fsp3) is 0.294. The Morgan fingerprint density at radius 1 is 1.46 bits per heavy atom. The number of carbonyl (C=O) groups excluding carboxylic acids is 2. The van der Waals surface area contributed by atoms with Crippen LogP contribution in [-0.2, 0) is 9.59 Å². The van der Waals surface area contributed by atoms with E-state index < -0.39 is 5.25 Å². The van der Waals surface area contributed by atoms with Crippen LogP contribution in [0.1, 0.15) is 18.9 Å². The van der Waals surface area contributed by atoms with Crippen molar-refractivity contribution in [1.29, 1.82) is 0 Å². The maximum absolute atomic E-state index is 12.6. The molecule has 1 N–H and O–H groups in total. The normalized spacial score (nSPS) is 18.6. The summed E-state index contributed by atoms with van der Waals surface area (Å²) in [6, 6.07) is 5.31. The molecule has 1 aliphatic heterocycles. The molecule has 0 unspecified atom stereocenters. The maximum Gasteiger partial charge on any atom is 0.242 e. The third-order valence-electron chi connectivity index (χ3n) is 3.79. The highest BCUT2D eigenvalue weighted by Crippen LogP contribution is 2.32. The van der Waals surface area contributed by atoms with Gasteiger partial charge in [0.05, 0.1) is 0 Å². The van der Waals surface area contributed by atoms with E-state index in [4.69, 9.17) is 11.6 Å². The number of nitrogens with one attached hydrogen (secondary N) is 1. The standard InChI is InChI=1S/C17H17ClN4O2S2/c1-3-22-15(24)13(26-17(22)21-16-19-6-7-25-16)9-14(23)20-12-8-11(18)5-4-10(12)2/h4-8,13H,3,9H2,1-2H3,(H,20,23)/t13-/m1/s1. The van der Waals surface area contributed by atoms with Gasteiger partial charge in [0.1, 0.15) is 5.25 Å². The Balaban J connectivity index is 1.70. The van der Waals surface area contributed by atoms with Crippen LogP contribution in [0.5, 0.6) is 0 Å². The molecule has 0 bridgehead atoms. The first-order valence-electron chi connectivity index (χ1n) is 8.00. The van der Waals surface area contributed by atoms with Crippen molar-refractivity contribution in [2.24, 2.45) is 4.99 Å². The molecule has 1 saturated heterocycles. The highest BCUT2D eigenvalue weighted by Gasteiger charge is 2.38. The van der Waals surface area contributed by atoms with Crippen LogP contribution < -0.4 is 5.32 Å². The molecule has 2 aromatic rings. The second-order valence-electron chi connectivity index (χ2n) is 5.61.